The van der Waals surface area contributed by atoms with E-state index in [0.29, 0.717) is 19.0 Å². The van der Waals surface area contributed by atoms with Crippen LogP contribution in [0.5, 0.6) is 0 Å². The summed E-state index contributed by atoms with van der Waals surface area (Å²) < 4.78 is 26.1. The van der Waals surface area contributed by atoms with Gasteiger partial charge >= 0.3 is 0 Å². The lowest BCUT2D eigenvalue weighted by Crippen LogP contribution is -2.38. The van der Waals surface area contributed by atoms with Crippen LogP contribution >= 0.6 is 0 Å². The van der Waals surface area contributed by atoms with Crippen molar-refractivity contribution < 1.29 is 8.42 Å². The van der Waals surface area contributed by atoms with Crippen molar-refractivity contribution in [3.05, 3.63) is 18.3 Å². The molecule has 1 aliphatic rings. The summed E-state index contributed by atoms with van der Waals surface area (Å²) in [5, 5.41) is 0. The minimum absolute atomic E-state index is 0.0751. The molecule has 1 fully saturated rings. The molecule has 1 aliphatic heterocycles. The fraction of sp³-hybridized carbons (Fsp3) is 0.545. The summed E-state index contributed by atoms with van der Waals surface area (Å²) in [6.07, 6.45) is 3.30. The van der Waals surface area contributed by atoms with Crippen molar-refractivity contribution in [1.29, 1.82) is 0 Å². The summed E-state index contributed by atoms with van der Waals surface area (Å²) >= 11 is 0. The first-order valence-corrected chi connectivity index (χ1v) is 7.16. The molecule has 0 radical (unpaired) electrons. The molecule has 2 heterocycles. The highest BCUT2D eigenvalue weighted by Gasteiger charge is 2.29. The fourth-order valence-electron chi connectivity index (χ4n) is 1.99. The van der Waals surface area contributed by atoms with Crippen LogP contribution in [0.2, 0.25) is 0 Å². The molecule has 17 heavy (non-hydrogen) atoms. The van der Waals surface area contributed by atoms with Crippen molar-refractivity contribution in [1.82, 2.24) is 9.29 Å². The topological polar surface area (TPSA) is 76.3 Å². The number of aromatic nitrogens is 1. The van der Waals surface area contributed by atoms with Gasteiger partial charge in [0.2, 0.25) is 10.0 Å². The first-order valence-electron chi connectivity index (χ1n) is 5.72. The molecular weight excluding hydrogens is 238 g/mol. The first-order chi connectivity index (χ1) is 8.01. The Kier molecular flexibility index (Phi) is 3.35. The van der Waals surface area contributed by atoms with Crippen molar-refractivity contribution in [3.63, 3.8) is 0 Å². The summed E-state index contributed by atoms with van der Waals surface area (Å²) in [6, 6.07) is 3.10. The van der Waals surface area contributed by atoms with Crippen LogP contribution in [0, 0.1) is 5.92 Å². The van der Waals surface area contributed by atoms with Gasteiger partial charge in [0.25, 0.3) is 0 Å². The molecule has 0 saturated carbocycles. The quantitative estimate of drug-likeness (QED) is 0.858. The van der Waals surface area contributed by atoms with Crippen LogP contribution in [0.3, 0.4) is 0 Å². The number of anilines is 1. The molecule has 94 valence electrons. The summed E-state index contributed by atoms with van der Waals surface area (Å²) in [7, 11) is -3.47. The van der Waals surface area contributed by atoms with Gasteiger partial charge in [-0.1, -0.05) is 6.92 Å². The van der Waals surface area contributed by atoms with E-state index in [-0.39, 0.29) is 10.7 Å². The van der Waals surface area contributed by atoms with E-state index in [0.717, 1.165) is 12.8 Å². The summed E-state index contributed by atoms with van der Waals surface area (Å²) in [5.74, 6) is 0.666. The second kappa shape index (κ2) is 4.62. The minimum atomic E-state index is -3.47. The Hall–Kier alpha value is -1.14. The number of hydrogen-bond acceptors (Lipinski definition) is 4. The number of nitrogens with zero attached hydrogens (tertiary/aromatic N) is 2. The molecule has 0 aliphatic carbocycles. The number of piperidine rings is 1. The minimum Gasteiger partial charge on any atom is -0.383 e. The lowest BCUT2D eigenvalue weighted by Gasteiger charge is -2.29. The highest BCUT2D eigenvalue weighted by molar-refractivity contribution is 7.89. The van der Waals surface area contributed by atoms with E-state index in [9.17, 15) is 8.42 Å². The predicted octanol–water partition coefficient (Wildman–Crippen LogP) is 1.08. The Morgan fingerprint density at radius 1 is 1.41 bits per heavy atom. The molecule has 0 spiro atoms. The second-order valence-electron chi connectivity index (χ2n) is 4.47. The van der Waals surface area contributed by atoms with Crippen molar-refractivity contribution in [2.75, 3.05) is 18.8 Å². The molecule has 2 N–H and O–H groups in total. The zero-order valence-electron chi connectivity index (χ0n) is 9.83. The molecule has 0 unspecified atom stereocenters. The van der Waals surface area contributed by atoms with E-state index in [1.807, 2.05) is 0 Å². The molecule has 0 aromatic carbocycles. The molecule has 5 nitrogen and oxygen atoms in total. The van der Waals surface area contributed by atoms with Crippen molar-refractivity contribution in [2.24, 2.45) is 5.92 Å². The Bertz CT molecular complexity index is 493. The van der Waals surface area contributed by atoms with Gasteiger partial charge in [0.1, 0.15) is 10.7 Å². The van der Waals surface area contributed by atoms with Gasteiger partial charge < -0.3 is 5.73 Å². The molecule has 2 rings (SSSR count). The van der Waals surface area contributed by atoms with E-state index < -0.39 is 10.0 Å². The van der Waals surface area contributed by atoms with Crippen LogP contribution in [-0.2, 0) is 10.0 Å². The van der Waals surface area contributed by atoms with Crippen molar-refractivity contribution in [3.8, 4) is 0 Å². The van der Waals surface area contributed by atoms with Crippen LogP contribution in [0.15, 0.2) is 23.2 Å². The second-order valence-corrected chi connectivity index (χ2v) is 6.38. The van der Waals surface area contributed by atoms with Crippen molar-refractivity contribution >= 4 is 15.8 Å². The van der Waals surface area contributed by atoms with Gasteiger partial charge in [-0.2, -0.15) is 4.31 Å². The molecular formula is C11H17N3O2S. The average molecular weight is 255 g/mol. The lowest BCUT2D eigenvalue weighted by molar-refractivity contribution is 0.288. The number of nitrogens with two attached hydrogens (primary N) is 1. The maximum absolute atomic E-state index is 12.3. The van der Waals surface area contributed by atoms with Gasteiger partial charge in [-0.25, -0.2) is 13.4 Å². The SMILES string of the molecule is CC1CCN(S(=O)(=O)c2cccnc2N)CC1. The van der Waals surface area contributed by atoms with E-state index in [1.165, 1.54) is 16.6 Å². The van der Waals surface area contributed by atoms with Crippen LogP contribution in [-0.4, -0.2) is 30.8 Å². The number of nitrogen functional groups attached to an aromatic ring is 1. The van der Waals surface area contributed by atoms with E-state index in [2.05, 4.69) is 11.9 Å². The maximum atomic E-state index is 12.3. The summed E-state index contributed by atoms with van der Waals surface area (Å²) in [4.78, 5) is 3.95. The molecule has 6 heteroatoms. The third kappa shape index (κ3) is 2.42. The largest absolute Gasteiger partial charge is 0.383 e. The van der Waals surface area contributed by atoms with Gasteiger partial charge in [-0.3, -0.25) is 0 Å². The fourth-order valence-corrected chi connectivity index (χ4v) is 3.52. The molecule has 0 atom stereocenters. The Morgan fingerprint density at radius 3 is 2.65 bits per heavy atom. The molecule has 1 aromatic rings. The molecule has 1 aromatic heterocycles. The first kappa shape index (κ1) is 12.3. The standard InChI is InChI=1S/C11H17N3O2S/c1-9-4-7-14(8-5-9)17(15,16)10-3-2-6-13-11(10)12/h2-3,6,9H,4-5,7-8H2,1H3,(H2,12,13). The molecule has 0 bridgehead atoms. The highest BCUT2D eigenvalue weighted by Crippen LogP contribution is 2.25. The normalized spacial score (nSPS) is 19.4. The van der Waals surface area contributed by atoms with Gasteiger partial charge in [0, 0.05) is 19.3 Å². The van der Waals surface area contributed by atoms with Crippen LogP contribution < -0.4 is 5.73 Å². The molecule has 1 saturated heterocycles. The summed E-state index contributed by atoms with van der Waals surface area (Å²) in [6.45, 7) is 3.28. The van der Waals surface area contributed by atoms with Crippen LogP contribution in [0.1, 0.15) is 19.8 Å². The monoisotopic (exact) mass is 255 g/mol. The Morgan fingerprint density at radius 2 is 2.06 bits per heavy atom. The Labute approximate surface area is 102 Å². The zero-order valence-corrected chi connectivity index (χ0v) is 10.7. The van der Waals surface area contributed by atoms with Crippen LogP contribution in [0.4, 0.5) is 5.82 Å². The summed E-state index contributed by atoms with van der Waals surface area (Å²) in [5.41, 5.74) is 5.62. The van der Waals surface area contributed by atoms with E-state index in [4.69, 9.17) is 5.73 Å². The average Bonchev–Trinajstić information content (AvgIpc) is 2.30. The predicted molar refractivity (Wildman–Crippen MR) is 65.8 cm³/mol. The number of sulfonamides is 1. The number of hydrogen-bond donors (Lipinski definition) is 1. The Balaban J connectivity index is 2.28. The van der Waals surface area contributed by atoms with E-state index >= 15 is 0 Å². The zero-order chi connectivity index (χ0) is 12.5. The van der Waals surface area contributed by atoms with Crippen molar-refractivity contribution in [2.45, 2.75) is 24.7 Å². The maximum Gasteiger partial charge on any atom is 0.246 e. The third-order valence-corrected chi connectivity index (χ3v) is 5.11. The molecule has 0 amide bonds. The van der Waals surface area contributed by atoms with Gasteiger partial charge in [0.15, 0.2) is 0 Å². The van der Waals surface area contributed by atoms with Crippen LogP contribution in [0.25, 0.3) is 0 Å². The third-order valence-electron chi connectivity index (χ3n) is 3.16. The highest BCUT2D eigenvalue weighted by atomic mass is 32.2. The van der Waals surface area contributed by atoms with E-state index in [1.54, 1.807) is 6.07 Å². The van der Waals surface area contributed by atoms with Gasteiger partial charge in [-0.05, 0) is 30.9 Å². The van der Waals surface area contributed by atoms with Gasteiger partial charge in [-0.15, -0.1) is 0 Å². The number of pyridine rings is 1. The number of rotatable bonds is 2. The lowest BCUT2D eigenvalue weighted by atomic mass is 10.0. The van der Waals surface area contributed by atoms with Gasteiger partial charge in [0.05, 0.1) is 0 Å². The smallest absolute Gasteiger partial charge is 0.246 e.